The Hall–Kier alpha value is -2.39. The van der Waals surface area contributed by atoms with Gasteiger partial charge >= 0.3 is 6.18 Å². The van der Waals surface area contributed by atoms with Crippen LogP contribution < -0.4 is 10.6 Å². The van der Waals surface area contributed by atoms with Crippen molar-refractivity contribution in [2.45, 2.75) is 38.3 Å². The Kier molecular flexibility index (Phi) is 8.26. The van der Waals surface area contributed by atoms with E-state index in [4.69, 9.17) is 4.74 Å². The molecule has 1 aliphatic heterocycles. The van der Waals surface area contributed by atoms with Gasteiger partial charge in [-0.1, -0.05) is 6.07 Å². The van der Waals surface area contributed by atoms with Crippen LogP contribution >= 0.6 is 0 Å². The van der Waals surface area contributed by atoms with Crippen LogP contribution in [-0.2, 0) is 15.7 Å². The summed E-state index contributed by atoms with van der Waals surface area (Å²) in [5.41, 5.74) is 0.426. The summed E-state index contributed by atoms with van der Waals surface area (Å²) in [6, 6.07) is 5.46. The Morgan fingerprint density at radius 3 is 2.62 bits per heavy atom. The molecule has 0 bridgehead atoms. The lowest BCUT2D eigenvalue weighted by Gasteiger charge is -2.29. The number of ether oxygens (including phenoxy) is 1. The zero-order valence-electron chi connectivity index (χ0n) is 19.4. The van der Waals surface area contributed by atoms with Crippen molar-refractivity contribution in [3.05, 3.63) is 36.0 Å². The van der Waals surface area contributed by atoms with Crippen LogP contribution in [0.15, 0.2) is 30.5 Å². The number of rotatable bonds is 8. The van der Waals surface area contributed by atoms with Crippen LogP contribution in [0.25, 0.3) is 10.9 Å². The number of aromatic nitrogens is 1. The molecular formula is C25H33F3N4O2. The Morgan fingerprint density at radius 1 is 1.12 bits per heavy atom. The highest BCUT2D eigenvalue weighted by atomic mass is 19.4. The lowest BCUT2D eigenvalue weighted by molar-refractivity contribution is -0.137. The SMILES string of the molecule is O=C(NCCCN1CCOCC1)[C@H]1CC[C@H](CNc2ccnc3cc(C(F)(F)F)ccc23)CC1. The third-order valence-electron chi connectivity index (χ3n) is 6.92. The van der Waals surface area contributed by atoms with Crippen molar-refractivity contribution in [1.29, 1.82) is 0 Å². The number of carbonyl (C=O) groups excluding carboxylic acids is 1. The first-order valence-electron chi connectivity index (χ1n) is 12.2. The van der Waals surface area contributed by atoms with Gasteiger partial charge in [0.2, 0.25) is 5.91 Å². The van der Waals surface area contributed by atoms with Gasteiger partial charge in [-0.2, -0.15) is 13.2 Å². The number of fused-ring (bicyclic) bond motifs is 1. The molecule has 1 aromatic heterocycles. The summed E-state index contributed by atoms with van der Waals surface area (Å²) in [7, 11) is 0. The first kappa shape index (κ1) is 24.7. The summed E-state index contributed by atoms with van der Waals surface area (Å²) in [6.45, 7) is 5.95. The highest BCUT2D eigenvalue weighted by Gasteiger charge is 2.31. The van der Waals surface area contributed by atoms with Gasteiger partial charge in [0.25, 0.3) is 0 Å². The topological polar surface area (TPSA) is 66.5 Å². The Labute approximate surface area is 198 Å². The van der Waals surface area contributed by atoms with E-state index in [1.165, 1.54) is 12.3 Å². The molecule has 1 saturated heterocycles. The van der Waals surface area contributed by atoms with E-state index in [-0.39, 0.29) is 11.8 Å². The van der Waals surface area contributed by atoms with E-state index in [2.05, 4.69) is 20.5 Å². The van der Waals surface area contributed by atoms with E-state index in [0.29, 0.717) is 23.4 Å². The zero-order valence-corrected chi connectivity index (χ0v) is 19.4. The molecule has 4 rings (SSSR count). The number of hydrogen-bond acceptors (Lipinski definition) is 5. The van der Waals surface area contributed by atoms with Crippen LogP contribution in [0.1, 0.15) is 37.7 Å². The summed E-state index contributed by atoms with van der Waals surface area (Å²) in [5.74, 6) is 0.666. The molecule has 0 radical (unpaired) electrons. The lowest BCUT2D eigenvalue weighted by atomic mass is 9.81. The molecule has 186 valence electrons. The molecule has 0 atom stereocenters. The second-order valence-corrected chi connectivity index (χ2v) is 9.29. The quantitative estimate of drug-likeness (QED) is 0.554. The van der Waals surface area contributed by atoms with Gasteiger partial charge in [-0.3, -0.25) is 14.7 Å². The standard InChI is InChI=1S/C25H33F3N4O2/c26-25(27,28)20-6-7-21-22(8-10-29-23(21)16-20)31-17-18-2-4-19(5-3-18)24(33)30-9-1-11-32-12-14-34-15-13-32/h6-8,10,16,18-19H,1-5,9,11-15,17H2,(H,29,31)(H,30,33)/t18-,19-. The van der Waals surface area contributed by atoms with Crippen LogP contribution in [0.4, 0.5) is 18.9 Å². The Morgan fingerprint density at radius 2 is 1.88 bits per heavy atom. The number of benzene rings is 1. The van der Waals surface area contributed by atoms with E-state index >= 15 is 0 Å². The zero-order chi connectivity index (χ0) is 24.0. The normalized spacial score (nSPS) is 22.0. The predicted molar refractivity (Wildman–Crippen MR) is 126 cm³/mol. The van der Waals surface area contributed by atoms with E-state index in [0.717, 1.165) is 89.3 Å². The average Bonchev–Trinajstić information content (AvgIpc) is 2.85. The minimum atomic E-state index is -4.38. The number of amides is 1. The molecule has 2 fully saturated rings. The Bertz CT molecular complexity index is 955. The van der Waals surface area contributed by atoms with Gasteiger partial charge in [0.05, 0.1) is 24.3 Å². The molecule has 34 heavy (non-hydrogen) atoms. The number of anilines is 1. The van der Waals surface area contributed by atoms with Gasteiger partial charge in [0, 0.05) is 49.4 Å². The van der Waals surface area contributed by atoms with Gasteiger partial charge in [-0.15, -0.1) is 0 Å². The third kappa shape index (κ3) is 6.60. The largest absolute Gasteiger partial charge is 0.416 e. The summed E-state index contributed by atoms with van der Waals surface area (Å²) in [5, 5.41) is 7.18. The molecule has 2 aliphatic rings. The molecule has 0 unspecified atom stereocenters. The number of halogens is 3. The number of morpholine rings is 1. The van der Waals surface area contributed by atoms with Crippen molar-refractivity contribution in [1.82, 2.24) is 15.2 Å². The van der Waals surface area contributed by atoms with Crippen LogP contribution in [0, 0.1) is 11.8 Å². The molecule has 2 aromatic rings. The average molecular weight is 479 g/mol. The second kappa shape index (κ2) is 11.4. The number of alkyl halides is 3. The maximum Gasteiger partial charge on any atom is 0.416 e. The second-order valence-electron chi connectivity index (χ2n) is 9.29. The third-order valence-corrected chi connectivity index (χ3v) is 6.92. The number of hydrogen-bond donors (Lipinski definition) is 2. The van der Waals surface area contributed by atoms with E-state index in [9.17, 15) is 18.0 Å². The van der Waals surface area contributed by atoms with E-state index < -0.39 is 11.7 Å². The van der Waals surface area contributed by atoms with Crippen molar-refractivity contribution >= 4 is 22.5 Å². The minimum Gasteiger partial charge on any atom is -0.384 e. The van der Waals surface area contributed by atoms with Crippen LogP contribution in [0.2, 0.25) is 0 Å². The van der Waals surface area contributed by atoms with Gasteiger partial charge in [-0.25, -0.2) is 0 Å². The van der Waals surface area contributed by atoms with Crippen molar-refractivity contribution in [2.75, 3.05) is 51.3 Å². The monoisotopic (exact) mass is 478 g/mol. The fourth-order valence-corrected chi connectivity index (χ4v) is 4.84. The molecule has 1 saturated carbocycles. The maximum atomic E-state index is 13.0. The first-order valence-corrected chi connectivity index (χ1v) is 12.2. The van der Waals surface area contributed by atoms with E-state index in [1.54, 1.807) is 6.07 Å². The van der Waals surface area contributed by atoms with Gasteiger partial charge in [0.15, 0.2) is 0 Å². The molecule has 1 aromatic carbocycles. The van der Waals surface area contributed by atoms with E-state index in [1.807, 2.05) is 0 Å². The van der Waals surface area contributed by atoms with Gasteiger partial charge < -0.3 is 15.4 Å². The summed E-state index contributed by atoms with van der Waals surface area (Å²) in [6.07, 6.45) is 1.76. The summed E-state index contributed by atoms with van der Waals surface area (Å²) < 4.78 is 44.3. The molecule has 0 spiro atoms. The molecular weight excluding hydrogens is 445 g/mol. The molecule has 1 aliphatic carbocycles. The lowest BCUT2D eigenvalue weighted by Crippen LogP contribution is -2.39. The number of nitrogens with one attached hydrogen (secondary N) is 2. The summed E-state index contributed by atoms with van der Waals surface area (Å²) in [4.78, 5) is 19.0. The van der Waals surface area contributed by atoms with Gasteiger partial charge in [0.1, 0.15) is 0 Å². The van der Waals surface area contributed by atoms with Crippen LogP contribution in [-0.4, -0.2) is 61.7 Å². The maximum absolute atomic E-state index is 13.0. The molecule has 2 N–H and O–H groups in total. The summed E-state index contributed by atoms with van der Waals surface area (Å²) >= 11 is 0. The van der Waals surface area contributed by atoms with Crippen molar-refractivity contribution in [3.8, 4) is 0 Å². The van der Waals surface area contributed by atoms with Crippen LogP contribution in [0.3, 0.4) is 0 Å². The predicted octanol–water partition coefficient (Wildman–Crippen LogP) is 4.31. The number of carbonyl (C=O) groups is 1. The fraction of sp³-hybridized carbons (Fsp3) is 0.600. The smallest absolute Gasteiger partial charge is 0.384 e. The first-order chi connectivity index (χ1) is 16.4. The van der Waals surface area contributed by atoms with Crippen molar-refractivity contribution < 1.29 is 22.7 Å². The minimum absolute atomic E-state index is 0.0715. The highest BCUT2D eigenvalue weighted by molar-refractivity contribution is 5.91. The van der Waals surface area contributed by atoms with Crippen molar-refractivity contribution in [2.24, 2.45) is 11.8 Å². The molecule has 9 heteroatoms. The van der Waals surface area contributed by atoms with Crippen LogP contribution in [0.5, 0.6) is 0 Å². The highest BCUT2D eigenvalue weighted by Crippen LogP contribution is 2.33. The molecule has 1 amide bonds. The number of pyridine rings is 1. The molecule has 2 heterocycles. The van der Waals surface area contributed by atoms with Gasteiger partial charge in [-0.05, 0) is 62.8 Å². The fourth-order valence-electron chi connectivity index (χ4n) is 4.84. The van der Waals surface area contributed by atoms with Crippen molar-refractivity contribution in [3.63, 3.8) is 0 Å². The Balaban J connectivity index is 1.19. The molecule has 6 nitrogen and oxygen atoms in total. The number of nitrogens with zero attached hydrogens (tertiary/aromatic N) is 2.